The third-order valence-electron chi connectivity index (χ3n) is 3.05. The van der Waals surface area contributed by atoms with Crippen molar-refractivity contribution < 1.29 is 13.5 Å². The van der Waals surface area contributed by atoms with E-state index in [-0.39, 0.29) is 23.3 Å². The summed E-state index contributed by atoms with van der Waals surface area (Å²) in [6.45, 7) is 2.14. The summed E-state index contributed by atoms with van der Waals surface area (Å²) in [5.74, 6) is -0.0390. The number of hydrogen-bond donors (Lipinski definition) is 1. The Hall–Kier alpha value is -1.42. The highest BCUT2D eigenvalue weighted by molar-refractivity contribution is 7.91. The van der Waals surface area contributed by atoms with Crippen molar-refractivity contribution in [3.05, 3.63) is 29.8 Å². The lowest BCUT2D eigenvalue weighted by Gasteiger charge is -2.22. The Labute approximate surface area is 114 Å². The molecule has 1 aromatic carbocycles. The van der Waals surface area contributed by atoms with Gasteiger partial charge in [-0.05, 0) is 32.2 Å². The zero-order valence-electron chi connectivity index (χ0n) is 11.1. The van der Waals surface area contributed by atoms with Crippen molar-refractivity contribution in [3.8, 4) is 6.07 Å². The monoisotopic (exact) mass is 282 g/mol. The Bertz CT molecular complexity index is 563. The molecule has 0 aromatic heterocycles. The lowest BCUT2D eigenvalue weighted by molar-refractivity contribution is 0.165. The van der Waals surface area contributed by atoms with Gasteiger partial charge in [0.15, 0.2) is 9.84 Å². The summed E-state index contributed by atoms with van der Waals surface area (Å²) in [6, 6.07) is 7.84. The molecule has 5 nitrogen and oxygen atoms in total. The summed E-state index contributed by atoms with van der Waals surface area (Å²) < 4.78 is 24.2. The van der Waals surface area contributed by atoms with Gasteiger partial charge < -0.3 is 10.0 Å². The van der Waals surface area contributed by atoms with E-state index in [1.165, 1.54) is 12.1 Å². The molecule has 104 valence electrons. The van der Waals surface area contributed by atoms with Gasteiger partial charge in [-0.1, -0.05) is 6.07 Å². The van der Waals surface area contributed by atoms with Crippen molar-refractivity contribution in [1.82, 2.24) is 4.90 Å². The Balaban J connectivity index is 2.79. The molecule has 0 fully saturated rings. The second kappa shape index (κ2) is 6.66. The maximum absolute atomic E-state index is 12.1. The standard InChI is InChI=1S/C13H18N2O3S/c1-11(10-16)15(2)6-7-19(17,18)13-5-3-4-12(8-13)9-14/h3-5,8,11,16H,6-7,10H2,1-2H3. The van der Waals surface area contributed by atoms with Crippen molar-refractivity contribution >= 4 is 9.84 Å². The zero-order chi connectivity index (χ0) is 14.5. The van der Waals surface area contributed by atoms with Crippen LogP contribution in [0.15, 0.2) is 29.2 Å². The number of nitriles is 1. The number of rotatable bonds is 6. The van der Waals surface area contributed by atoms with Crippen LogP contribution < -0.4 is 0 Å². The van der Waals surface area contributed by atoms with Crippen LogP contribution in [-0.2, 0) is 9.84 Å². The van der Waals surface area contributed by atoms with E-state index in [1.807, 2.05) is 13.0 Å². The van der Waals surface area contributed by atoms with Gasteiger partial charge in [-0.15, -0.1) is 0 Å². The van der Waals surface area contributed by atoms with E-state index in [2.05, 4.69) is 0 Å². The highest BCUT2D eigenvalue weighted by Crippen LogP contribution is 2.13. The Morgan fingerprint density at radius 2 is 2.16 bits per heavy atom. The van der Waals surface area contributed by atoms with Gasteiger partial charge in [-0.3, -0.25) is 0 Å². The second-order valence-electron chi connectivity index (χ2n) is 4.47. The van der Waals surface area contributed by atoms with E-state index in [0.717, 1.165) is 0 Å². The molecule has 0 heterocycles. The van der Waals surface area contributed by atoms with Crippen molar-refractivity contribution in [2.24, 2.45) is 0 Å². The predicted octanol–water partition coefficient (Wildman–Crippen LogP) is 0.645. The fourth-order valence-electron chi connectivity index (χ4n) is 1.50. The van der Waals surface area contributed by atoms with E-state index in [4.69, 9.17) is 10.4 Å². The van der Waals surface area contributed by atoms with Gasteiger partial charge in [0, 0.05) is 12.6 Å². The molecule has 0 amide bonds. The minimum Gasteiger partial charge on any atom is -0.395 e. The molecule has 0 saturated heterocycles. The van der Waals surface area contributed by atoms with Crippen LogP contribution in [0.4, 0.5) is 0 Å². The smallest absolute Gasteiger partial charge is 0.179 e. The van der Waals surface area contributed by atoms with Crippen LogP contribution in [0.3, 0.4) is 0 Å². The van der Waals surface area contributed by atoms with Crippen molar-refractivity contribution in [2.75, 3.05) is 26.0 Å². The van der Waals surface area contributed by atoms with Gasteiger partial charge in [-0.2, -0.15) is 5.26 Å². The Kier molecular flexibility index (Phi) is 5.48. The molecule has 0 aliphatic rings. The van der Waals surface area contributed by atoms with Crippen LogP contribution in [0, 0.1) is 11.3 Å². The van der Waals surface area contributed by atoms with Gasteiger partial charge in [0.2, 0.25) is 0 Å². The molecular weight excluding hydrogens is 264 g/mol. The first-order chi connectivity index (χ1) is 8.90. The highest BCUT2D eigenvalue weighted by Gasteiger charge is 2.17. The molecule has 19 heavy (non-hydrogen) atoms. The van der Waals surface area contributed by atoms with Gasteiger partial charge in [-0.25, -0.2) is 8.42 Å². The van der Waals surface area contributed by atoms with Crippen LogP contribution in [0.5, 0.6) is 0 Å². The quantitative estimate of drug-likeness (QED) is 0.828. The number of aliphatic hydroxyl groups excluding tert-OH is 1. The van der Waals surface area contributed by atoms with Crippen LogP contribution in [0.1, 0.15) is 12.5 Å². The number of aliphatic hydroxyl groups is 1. The van der Waals surface area contributed by atoms with Crippen LogP contribution >= 0.6 is 0 Å². The SMILES string of the molecule is CC(CO)N(C)CCS(=O)(=O)c1cccc(C#N)c1. The predicted molar refractivity (Wildman–Crippen MR) is 72.4 cm³/mol. The maximum atomic E-state index is 12.1. The third-order valence-corrected chi connectivity index (χ3v) is 4.74. The zero-order valence-corrected chi connectivity index (χ0v) is 11.9. The summed E-state index contributed by atoms with van der Waals surface area (Å²) in [7, 11) is -1.64. The second-order valence-corrected chi connectivity index (χ2v) is 6.58. The van der Waals surface area contributed by atoms with E-state index < -0.39 is 9.84 Å². The molecule has 0 saturated carbocycles. The minimum atomic E-state index is -3.40. The van der Waals surface area contributed by atoms with Crippen molar-refractivity contribution in [1.29, 1.82) is 5.26 Å². The van der Waals surface area contributed by atoms with Crippen molar-refractivity contribution in [2.45, 2.75) is 17.9 Å². The van der Waals surface area contributed by atoms with E-state index in [9.17, 15) is 8.42 Å². The van der Waals surface area contributed by atoms with E-state index >= 15 is 0 Å². The number of hydrogen-bond acceptors (Lipinski definition) is 5. The van der Waals surface area contributed by atoms with Gasteiger partial charge in [0.25, 0.3) is 0 Å². The number of sulfone groups is 1. The first-order valence-corrected chi connectivity index (χ1v) is 7.60. The highest BCUT2D eigenvalue weighted by atomic mass is 32.2. The van der Waals surface area contributed by atoms with E-state index in [1.54, 1.807) is 24.1 Å². The molecule has 1 atom stereocenters. The molecule has 0 spiro atoms. The summed E-state index contributed by atoms with van der Waals surface area (Å²) in [5.41, 5.74) is 0.332. The van der Waals surface area contributed by atoms with Crippen LogP contribution in [0.25, 0.3) is 0 Å². The largest absolute Gasteiger partial charge is 0.395 e. The first-order valence-electron chi connectivity index (χ1n) is 5.94. The summed E-state index contributed by atoms with van der Waals surface area (Å²) in [4.78, 5) is 1.95. The van der Waals surface area contributed by atoms with Crippen molar-refractivity contribution in [3.63, 3.8) is 0 Å². The van der Waals surface area contributed by atoms with E-state index in [0.29, 0.717) is 12.1 Å². The lowest BCUT2D eigenvalue weighted by Crippen LogP contribution is -2.35. The normalized spacial score (nSPS) is 13.2. The molecule has 1 unspecified atom stereocenters. The van der Waals surface area contributed by atoms with Gasteiger partial charge >= 0.3 is 0 Å². The summed E-state index contributed by atoms with van der Waals surface area (Å²) >= 11 is 0. The first kappa shape index (κ1) is 15.6. The Morgan fingerprint density at radius 1 is 1.47 bits per heavy atom. The van der Waals surface area contributed by atoms with Gasteiger partial charge in [0.1, 0.15) is 0 Å². The average molecular weight is 282 g/mol. The topological polar surface area (TPSA) is 81.4 Å². The fourth-order valence-corrected chi connectivity index (χ4v) is 2.86. The molecule has 1 aromatic rings. The molecule has 0 radical (unpaired) electrons. The molecule has 1 rings (SSSR count). The molecule has 1 N–H and O–H groups in total. The number of benzene rings is 1. The van der Waals surface area contributed by atoms with Crippen LogP contribution in [0.2, 0.25) is 0 Å². The Morgan fingerprint density at radius 3 is 2.74 bits per heavy atom. The molecule has 0 aliphatic carbocycles. The number of likely N-dealkylation sites (N-methyl/N-ethyl adjacent to an activating group) is 1. The maximum Gasteiger partial charge on any atom is 0.179 e. The van der Waals surface area contributed by atoms with Crippen LogP contribution in [-0.4, -0.2) is 50.4 Å². The molecule has 0 bridgehead atoms. The number of nitrogens with zero attached hydrogens (tertiary/aromatic N) is 2. The van der Waals surface area contributed by atoms with Gasteiger partial charge in [0.05, 0.1) is 28.9 Å². The summed E-state index contributed by atoms with van der Waals surface area (Å²) in [5, 5.41) is 17.8. The minimum absolute atomic E-state index is 0.0134. The average Bonchev–Trinajstić information content (AvgIpc) is 2.43. The summed E-state index contributed by atoms with van der Waals surface area (Å²) in [6.07, 6.45) is 0. The molecule has 0 aliphatic heterocycles. The molecular formula is C13H18N2O3S. The molecule has 6 heteroatoms. The third kappa shape index (κ3) is 4.31. The fraction of sp³-hybridized carbons (Fsp3) is 0.462. The lowest BCUT2D eigenvalue weighted by atomic mass is 10.2.